The van der Waals surface area contributed by atoms with Crippen molar-refractivity contribution in [2.45, 2.75) is 46.2 Å². The smallest absolute Gasteiger partial charge is 0.459 e. The second-order valence-corrected chi connectivity index (χ2v) is 10.8. The van der Waals surface area contributed by atoms with Gasteiger partial charge in [-0.3, -0.25) is 19.0 Å². The largest absolute Gasteiger partial charge is 0.464 e. The minimum Gasteiger partial charge on any atom is -0.464 e. The molecule has 9 heteroatoms. The van der Waals surface area contributed by atoms with E-state index < -0.39 is 25.8 Å². The predicted molar refractivity (Wildman–Crippen MR) is 112 cm³/mol. The molecule has 8 nitrogen and oxygen atoms in total. The first-order valence-electron chi connectivity index (χ1n) is 10.3. The highest BCUT2D eigenvalue weighted by Gasteiger charge is 2.46. The minimum atomic E-state index is -3.95. The molecule has 1 N–H and O–H groups in total. The summed E-state index contributed by atoms with van der Waals surface area (Å²) in [5, 5.41) is 2.67. The number of carbonyl (C=O) groups excluding carboxylic acids is 2. The number of piperidine rings is 1. The second-order valence-electron chi connectivity index (χ2n) is 9.12. The van der Waals surface area contributed by atoms with Crippen molar-refractivity contribution in [3.05, 3.63) is 30.3 Å². The van der Waals surface area contributed by atoms with E-state index in [1.54, 1.807) is 37.3 Å². The van der Waals surface area contributed by atoms with Gasteiger partial charge in [-0.2, -0.15) is 5.09 Å². The van der Waals surface area contributed by atoms with Crippen molar-refractivity contribution in [3.63, 3.8) is 0 Å². The van der Waals surface area contributed by atoms with Crippen LogP contribution in [0.2, 0.25) is 0 Å². The van der Waals surface area contributed by atoms with Crippen LogP contribution in [0.5, 0.6) is 5.75 Å². The van der Waals surface area contributed by atoms with Crippen LogP contribution >= 0.6 is 7.75 Å². The highest BCUT2D eigenvalue weighted by molar-refractivity contribution is 7.52. The summed E-state index contributed by atoms with van der Waals surface area (Å²) in [6, 6.07) is 7.23. The lowest BCUT2D eigenvalue weighted by molar-refractivity contribution is -0.148. The van der Waals surface area contributed by atoms with Gasteiger partial charge in [-0.15, -0.1) is 0 Å². The Bertz CT molecular complexity index is 809. The van der Waals surface area contributed by atoms with Gasteiger partial charge in [0.1, 0.15) is 11.8 Å². The van der Waals surface area contributed by atoms with Gasteiger partial charge in [-0.1, -0.05) is 39.0 Å². The lowest BCUT2D eigenvalue weighted by Crippen LogP contribution is -2.41. The normalized spacial score (nSPS) is 26.3. The summed E-state index contributed by atoms with van der Waals surface area (Å²) >= 11 is 0. The molecule has 0 aromatic heterocycles. The predicted octanol–water partition coefficient (Wildman–Crippen LogP) is 3.03. The molecule has 0 radical (unpaired) electrons. The van der Waals surface area contributed by atoms with Crippen molar-refractivity contribution in [3.8, 4) is 5.75 Å². The summed E-state index contributed by atoms with van der Waals surface area (Å²) in [4.78, 5) is 26.8. The summed E-state index contributed by atoms with van der Waals surface area (Å²) in [5.41, 5.74) is -0.188. The number of Topliss-reactive ketones (excluding diaryl/α,β-unsaturated/α-hetero) is 1. The molecular formula is C21H31N2O6P. The van der Waals surface area contributed by atoms with Gasteiger partial charge in [-0.25, -0.2) is 4.57 Å². The van der Waals surface area contributed by atoms with Crippen LogP contribution in [0.15, 0.2) is 30.3 Å². The number of nitrogens with zero attached hydrogens (tertiary/aromatic N) is 1. The van der Waals surface area contributed by atoms with Gasteiger partial charge in [0.05, 0.1) is 19.3 Å². The zero-order valence-electron chi connectivity index (χ0n) is 18.0. The van der Waals surface area contributed by atoms with Crippen molar-refractivity contribution in [1.29, 1.82) is 0 Å². The van der Waals surface area contributed by atoms with E-state index in [-0.39, 0.29) is 30.3 Å². The number of nitrogens with one attached hydrogen (secondary N) is 1. The van der Waals surface area contributed by atoms with Gasteiger partial charge in [-0.05, 0) is 37.4 Å². The average Bonchev–Trinajstić information content (AvgIpc) is 3.26. The Labute approximate surface area is 177 Å². The molecule has 0 amide bonds. The highest BCUT2D eigenvalue weighted by Crippen LogP contribution is 2.46. The van der Waals surface area contributed by atoms with Crippen LogP contribution in [-0.2, 0) is 23.4 Å². The van der Waals surface area contributed by atoms with E-state index in [1.165, 1.54) is 0 Å². The van der Waals surface area contributed by atoms with Crippen LogP contribution in [0.3, 0.4) is 0 Å². The van der Waals surface area contributed by atoms with Gasteiger partial charge >= 0.3 is 13.7 Å². The third-order valence-electron chi connectivity index (χ3n) is 5.12. The van der Waals surface area contributed by atoms with Gasteiger partial charge in [0.25, 0.3) is 0 Å². The molecule has 3 rings (SSSR count). The Morgan fingerprint density at radius 1 is 1.30 bits per heavy atom. The summed E-state index contributed by atoms with van der Waals surface area (Å²) in [6.45, 7) is 9.12. The number of esters is 1. The number of para-hydroxylation sites is 1. The fourth-order valence-corrected chi connectivity index (χ4v) is 5.02. The van der Waals surface area contributed by atoms with Crippen molar-refractivity contribution in [2.75, 3.05) is 26.3 Å². The summed E-state index contributed by atoms with van der Waals surface area (Å²) in [5.74, 6) is -0.0641. The standard InChI is InChI=1S/C21H31N2O6P/c1-15(20(25)27-14-21(2,3)4)22-30(26,29-17-8-6-5-7-9-17)28-13-18-19(24)16-10-11-23(18)12-16/h5-9,15-16,18H,10-14H2,1-4H3,(H,22,26)/t15-,16?,18+,30?/m0/s1. The molecule has 0 spiro atoms. The molecular weight excluding hydrogens is 407 g/mol. The molecule has 2 aliphatic heterocycles. The minimum absolute atomic E-state index is 0.0345. The van der Waals surface area contributed by atoms with Crippen molar-refractivity contribution >= 4 is 19.5 Å². The zero-order valence-corrected chi connectivity index (χ0v) is 18.9. The third kappa shape index (κ3) is 5.91. The number of hydrogen-bond donors (Lipinski definition) is 1. The molecule has 2 heterocycles. The Balaban J connectivity index is 1.67. The number of hydrogen-bond acceptors (Lipinski definition) is 7. The quantitative estimate of drug-likeness (QED) is 0.465. The molecule has 0 aliphatic carbocycles. The van der Waals surface area contributed by atoms with E-state index in [0.717, 1.165) is 19.5 Å². The van der Waals surface area contributed by atoms with Crippen LogP contribution in [-0.4, -0.2) is 55.0 Å². The van der Waals surface area contributed by atoms with Crippen LogP contribution in [0.4, 0.5) is 0 Å². The summed E-state index contributed by atoms with van der Waals surface area (Å²) in [7, 11) is -3.95. The first-order chi connectivity index (χ1) is 14.1. The van der Waals surface area contributed by atoms with Gasteiger partial charge in [0.2, 0.25) is 0 Å². The molecule has 2 fully saturated rings. The summed E-state index contributed by atoms with van der Waals surface area (Å²) in [6.07, 6.45) is 0.864. The van der Waals surface area contributed by atoms with Crippen LogP contribution in [0.1, 0.15) is 34.1 Å². The van der Waals surface area contributed by atoms with E-state index >= 15 is 0 Å². The lowest BCUT2D eigenvalue weighted by atomic mass is 9.99. The highest BCUT2D eigenvalue weighted by atomic mass is 31.2. The van der Waals surface area contributed by atoms with Crippen LogP contribution in [0, 0.1) is 11.3 Å². The molecule has 3 unspecified atom stereocenters. The first-order valence-corrected chi connectivity index (χ1v) is 11.8. The van der Waals surface area contributed by atoms with Crippen LogP contribution in [0.25, 0.3) is 0 Å². The number of ether oxygens (including phenoxy) is 1. The molecule has 2 saturated heterocycles. The van der Waals surface area contributed by atoms with E-state index in [9.17, 15) is 14.2 Å². The van der Waals surface area contributed by atoms with E-state index in [1.807, 2.05) is 25.7 Å². The first kappa shape index (κ1) is 22.9. The number of carbonyl (C=O) groups is 2. The fraction of sp³-hybridized carbons (Fsp3) is 0.619. The number of benzene rings is 1. The van der Waals surface area contributed by atoms with Gasteiger partial charge in [0, 0.05) is 12.5 Å². The summed E-state index contributed by atoms with van der Waals surface area (Å²) < 4.78 is 30.1. The number of ketones is 1. The van der Waals surface area contributed by atoms with Crippen LogP contribution < -0.4 is 9.61 Å². The Morgan fingerprint density at radius 2 is 2.00 bits per heavy atom. The maximum Gasteiger partial charge on any atom is 0.459 e. The van der Waals surface area contributed by atoms with E-state index in [4.69, 9.17) is 13.8 Å². The monoisotopic (exact) mass is 438 g/mol. The average molecular weight is 438 g/mol. The maximum absolute atomic E-state index is 13.5. The van der Waals surface area contributed by atoms with E-state index in [0.29, 0.717) is 5.75 Å². The van der Waals surface area contributed by atoms with Crippen molar-refractivity contribution in [1.82, 2.24) is 9.99 Å². The molecule has 2 aliphatic rings. The third-order valence-corrected chi connectivity index (χ3v) is 6.76. The zero-order chi connectivity index (χ0) is 21.9. The Morgan fingerprint density at radius 3 is 2.60 bits per heavy atom. The lowest BCUT2D eigenvalue weighted by Gasteiger charge is -2.27. The van der Waals surface area contributed by atoms with Gasteiger partial charge in [0.15, 0.2) is 5.78 Å². The van der Waals surface area contributed by atoms with Crippen molar-refractivity contribution < 1.29 is 27.9 Å². The molecule has 5 atom stereocenters. The topological polar surface area (TPSA) is 94.2 Å². The molecule has 166 valence electrons. The Hall–Kier alpha value is -1.73. The molecule has 30 heavy (non-hydrogen) atoms. The van der Waals surface area contributed by atoms with E-state index in [2.05, 4.69) is 5.09 Å². The maximum atomic E-state index is 13.5. The SMILES string of the molecule is C[C@H](NP(=O)(OC[C@@H]1C(=O)C2CCN1C2)Oc1ccccc1)C(=O)OCC(C)(C)C. The molecule has 1 aromatic carbocycles. The fourth-order valence-electron chi connectivity index (χ4n) is 3.52. The van der Waals surface area contributed by atoms with Gasteiger partial charge < -0.3 is 9.26 Å². The van der Waals surface area contributed by atoms with Crippen molar-refractivity contribution in [2.24, 2.45) is 11.3 Å². The number of fused-ring (bicyclic) bond motifs is 2. The molecule has 0 saturated carbocycles. The second kappa shape index (κ2) is 9.18. The molecule has 2 bridgehead atoms. The molecule has 1 aromatic rings. The number of rotatable bonds is 9. The Kier molecular flexibility index (Phi) is 7.02.